The Kier molecular flexibility index (Phi) is 22.1. The quantitative estimate of drug-likeness (QED) is 0.172. The zero-order chi connectivity index (χ0) is 52.9. The zero-order valence-corrected chi connectivity index (χ0v) is 44.5. The molecule has 0 bridgehead atoms. The lowest BCUT2D eigenvalue weighted by atomic mass is 9.99. The van der Waals surface area contributed by atoms with E-state index < -0.39 is 96.1 Å². The maximum Gasteiger partial charge on any atom is 0.329 e. The van der Waals surface area contributed by atoms with Crippen molar-refractivity contribution >= 4 is 47.5 Å². The zero-order valence-electron chi connectivity index (χ0n) is 44.5. The summed E-state index contributed by atoms with van der Waals surface area (Å²) in [6, 6.07) is 9.65. The van der Waals surface area contributed by atoms with Gasteiger partial charge >= 0.3 is 23.9 Å². The van der Waals surface area contributed by atoms with E-state index in [-0.39, 0.29) is 62.2 Å². The van der Waals surface area contributed by atoms with Crippen LogP contribution in [0.1, 0.15) is 117 Å². The maximum absolute atomic E-state index is 14.7. The molecule has 1 saturated heterocycles. The molecule has 3 rings (SSSR count). The molecule has 70 heavy (non-hydrogen) atoms. The molecule has 0 unspecified atom stereocenters. The summed E-state index contributed by atoms with van der Waals surface area (Å²) in [5, 5.41) is 0. The Morgan fingerprint density at radius 3 is 0.929 bits per heavy atom. The van der Waals surface area contributed by atoms with E-state index in [0.717, 1.165) is 30.7 Å². The van der Waals surface area contributed by atoms with Gasteiger partial charge < -0.3 is 38.5 Å². The molecule has 0 spiro atoms. The van der Waals surface area contributed by atoms with E-state index in [1.54, 1.807) is 24.3 Å². The molecule has 2 aromatic rings. The molecule has 0 N–H and O–H groups in total. The topological polar surface area (TPSA) is 186 Å². The lowest BCUT2D eigenvalue weighted by Crippen LogP contribution is -2.55. The van der Waals surface area contributed by atoms with Crippen LogP contribution in [-0.2, 0) is 70.1 Å². The fourth-order valence-electron chi connectivity index (χ4n) is 8.59. The van der Waals surface area contributed by atoms with Crippen LogP contribution >= 0.6 is 0 Å². The Morgan fingerprint density at radius 1 is 0.414 bits per heavy atom. The number of esters is 4. The van der Waals surface area contributed by atoms with Gasteiger partial charge in [-0.05, 0) is 88.2 Å². The highest BCUT2D eigenvalue weighted by Gasteiger charge is 2.43. The van der Waals surface area contributed by atoms with Crippen LogP contribution in [0.2, 0.25) is 0 Å². The Bertz CT molecular complexity index is 1990. The largest absolute Gasteiger partial charge is 0.451 e. The van der Waals surface area contributed by atoms with Crippen molar-refractivity contribution in [1.82, 2.24) is 19.6 Å². The molecule has 8 atom stereocenters. The number of carbonyl (C=O) groups is 8. The first-order valence-electron chi connectivity index (χ1n) is 24.6. The van der Waals surface area contributed by atoms with Gasteiger partial charge in [-0.1, -0.05) is 115 Å². The number of rotatable bonds is 12. The van der Waals surface area contributed by atoms with Crippen molar-refractivity contribution in [3.05, 3.63) is 70.8 Å². The summed E-state index contributed by atoms with van der Waals surface area (Å²) >= 11 is 0. The molecule has 1 fully saturated rings. The molecule has 388 valence electrons. The van der Waals surface area contributed by atoms with Gasteiger partial charge in [-0.15, -0.1) is 0 Å². The van der Waals surface area contributed by atoms with Crippen LogP contribution in [0.15, 0.2) is 48.5 Å². The molecule has 0 aromatic heterocycles. The summed E-state index contributed by atoms with van der Waals surface area (Å²) in [4.78, 5) is 120. The van der Waals surface area contributed by atoms with Gasteiger partial charge in [-0.2, -0.15) is 0 Å². The second-order valence-electron chi connectivity index (χ2n) is 20.8. The Hall–Kier alpha value is -5.80. The first-order chi connectivity index (χ1) is 32.6. The third-order valence-corrected chi connectivity index (χ3v) is 12.5. The number of hydrogen-bond donors (Lipinski definition) is 0. The maximum atomic E-state index is 14.7. The second kappa shape index (κ2) is 26.4. The normalized spacial score (nSPS) is 24.9. The van der Waals surface area contributed by atoms with Crippen molar-refractivity contribution < 1.29 is 57.3 Å². The minimum atomic E-state index is -1.48. The number of ether oxygens (including phenoxy) is 4. The molecule has 4 amide bonds. The van der Waals surface area contributed by atoms with Crippen LogP contribution in [0.3, 0.4) is 0 Å². The third kappa shape index (κ3) is 16.7. The van der Waals surface area contributed by atoms with Crippen molar-refractivity contribution in [3.8, 4) is 0 Å². The molecule has 16 heteroatoms. The summed E-state index contributed by atoms with van der Waals surface area (Å²) in [6.07, 6.45) is -5.58. The average Bonchev–Trinajstić information content (AvgIpc) is 3.27. The van der Waals surface area contributed by atoms with Crippen molar-refractivity contribution in [1.29, 1.82) is 0 Å². The lowest BCUT2D eigenvalue weighted by molar-refractivity contribution is -0.176. The summed E-state index contributed by atoms with van der Waals surface area (Å²) in [5.74, 6) is -7.13. The van der Waals surface area contributed by atoms with Crippen LogP contribution < -0.4 is 0 Å². The molecule has 1 aliphatic heterocycles. The predicted octanol–water partition coefficient (Wildman–Crippen LogP) is 6.28. The van der Waals surface area contributed by atoms with Gasteiger partial charge in [0, 0.05) is 41.0 Å². The third-order valence-electron chi connectivity index (χ3n) is 12.5. The van der Waals surface area contributed by atoms with Gasteiger partial charge in [0.25, 0.3) is 23.6 Å². The van der Waals surface area contributed by atoms with Gasteiger partial charge in [0.05, 0.1) is 0 Å². The number of amides is 4. The Labute approximate surface area is 416 Å². The first kappa shape index (κ1) is 58.5. The van der Waals surface area contributed by atoms with Crippen LogP contribution in [-0.4, -0.2) is 144 Å². The predicted molar refractivity (Wildman–Crippen MR) is 265 cm³/mol. The van der Waals surface area contributed by atoms with Crippen LogP contribution in [0.5, 0.6) is 0 Å². The number of nitrogens with zero attached hydrogens (tertiary/aromatic N) is 4. The summed E-state index contributed by atoms with van der Waals surface area (Å²) in [7, 11) is 5.59. The van der Waals surface area contributed by atoms with E-state index in [9.17, 15) is 38.4 Å². The van der Waals surface area contributed by atoms with Crippen LogP contribution in [0.25, 0.3) is 0 Å². The monoisotopic (exact) mass is 977 g/mol. The summed E-state index contributed by atoms with van der Waals surface area (Å²) < 4.78 is 23.9. The van der Waals surface area contributed by atoms with E-state index in [1.807, 2.05) is 93.5 Å². The van der Waals surface area contributed by atoms with Crippen LogP contribution in [0, 0.1) is 37.5 Å². The number of hydrogen-bond acceptors (Lipinski definition) is 12. The van der Waals surface area contributed by atoms with Crippen molar-refractivity contribution in [2.45, 2.75) is 170 Å². The molecule has 1 heterocycles. The smallest absolute Gasteiger partial charge is 0.329 e. The molecular formula is C54H80N4O12. The number of aryl methyl sites for hydroxylation is 2. The van der Waals surface area contributed by atoms with E-state index in [0.29, 0.717) is 11.1 Å². The molecule has 0 radical (unpaired) electrons. The van der Waals surface area contributed by atoms with Crippen molar-refractivity contribution in [3.63, 3.8) is 0 Å². The fourth-order valence-corrected chi connectivity index (χ4v) is 8.59. The standard InChI is InChI=1S/C54H80N4O12/c1-31(2)23-41-51(63)67-37(11)47(59)55(13)44(26-34(7)8)54(66)70-46(30-40-22-18-20-36(10)28-40)50(62)58(16)42(24-32(3)4)52(64)68-38(12)48(60)56(14)43(25-33(5)6)53(65)69-45(49(61)57(41)15)29-39-21-17-19-35(9)27-39/h17-22,27-28,31-34,37-38,41-46H,23-26,29-30H2,1-16H3/t37-,38-,41+,42+,43+,44+,45-,46-/m1/s1. The SMILES string of the molecule is Cc1cccc(C[C@H]2OC(=O)[C@H](CC(C)C)N(C)C(=O)[C@@H](C)OC(=O)[C@H](CC(C)C)N(C)C(=O)[C@@H](Cc3cccc(C)c3)OC(=O)[C@H](CC(C)C)N(C)C(=O)[C@@H](C)OC(=O)[C@H](CC(C)C)N(C)C2=O)c1. The molecule has 16 nitrogen and oxygen atoms in total. The lowest BCUT2D eigenvalue weighted by Gasteiger charge is -2.35. The number of likely N-dealkylation sites (N-methyl/N-ethyl adjacent to an activating group) is 4. The summed E-state index contributed by atoms with van der Waals surface area (Å²) in [5.41, 5.74) is 3.11. The van der Waals surface area contributed by atoms with E-state index in [2.05, 4.69) is 0 Å². The minimum Gasteiger partial charge on any atom is -0.451 e. The number of carbonyl (C=O) groups excluding carboxylic acids is 8. The minimum absolute atomic E-state index is 0.0809. The van der Waals surface area contributed by atoms with Crippen LogP contribution in [0.4, 0.5) is 0 Å². The molecular weight excluding hydrogens is 897 g/mol. The number of cyclic esters (lactones) is 4. The van der Waals surface area contributed by atoms with Crippen molar-refractivity contribution in [2.75, 3.05) is 28.2 Å². The average molecular weight is 977 g/mol. The van der Waals surface area contributed by atoms with E-state index in [1.165, 1.54) is 42.0 Å². The highest BCUT2D eigenvalue weighted by atomic mass is 16.6. The van der Waals surface area contributed by atoms with Crippen molar-refractivity contribution in [2.24, 2.45) is 23.7 Å². The number of benzene rings is 2. The highest BCUT2D eigenvalue weighted by Crippen LogP contribution is 2.24. The molecule has 1 aliphatic rings. The molecule has 0 aliphatic carbocycles. The Balaban J connectivity index is 2.27. The van der Waals surface area contributed by atoms with Gasteiger partial charge in [0.15, 0.2) is 24.4 Å². The fraction of sp³-hybridized carbons (Fsp3) is 0.630. The Morgan fingerprint density at radius 2 is 0.671 bits per heavy atom. The molecule has 2 aromatic carbocycles. The van der Waals surface area contributed by atoms with Gasteiger partial charge in [0.1, 0.15) is 24.2 Å². The second-order valence-corrected chi connectivity index (χ2v) is 20.8. The van der Waals surface area contributed by atoms with Gasteiger partial charge in [-0.3, -0.25) is 19.2 Å². The summed E-state index contributed by atoms with van der Waals surface area (Å²) in [6.45, 7) is 21.3. The van der Waals surface area contributed by atoms with Gasteiger partial charge in [-0.25, -0.2) is 19.2 Å². The van der Waals surface area contributed by atoms with Gasteiger partial charge in [0.2, 0.25) is 0 Å². The molecule has 0 saturated carbocycles. The highest BCUT2D eigenvalue weighted by molar-refractivity contribution is 5.94. The first-order valence-corrected chi connectivity index (χ1v) is 24.6. The van der Waals surface area contributed by atoms with E-state index in [4.69, 9.17) is 18.9 Å². The van der Waals surface area contributed by atoms with E-state index >= 15 is 0 Å².